The van der Waals surface area contributed by atoms with Gasteiger partial charge in [0.2, 0.25) is 0 Å². The fourth-order valence-electron chi connectivity index (χ4n) is 2.25. The molecule has 2 rings (SSSR count). The van der Waals surface area contributed by atoms with Crippen LogP contribution in [-0.4, -0.2) is 17.6 Å². The molecule has 0 aromatic heterocycles. The van der Waals surface area contributed by atoms with E-state index in [1.165, 1.54) is 5.56 Å². The van der Waals surface area contributed by atoms with Crippen molar-refractivity contribution in [1.82, 2.24) is 5.32 Å². The molecule has 0 radical (unpaired) electrons. The Hall–Kier alpha value is -1.07. The first-order chi connectivity index (χ1) is 9.04. The van der Waals surface area contributed by atoms with Crippen LogP contribution in [0.5, 0.6) is 0 Å². The number of hydrogen-bond donors (Lipinski definition) is 3. The summed E-state index contributed by atoms with van der Waals surface area (Å²) in [6, 6.07) is 8.64. The highest BCUT2D eigenvalue weighted by Crippen LogP contribution is 2.48. The second kappa shape index (κ2) is 5.92. The largest absolute Gasteiger partial charge is 0.409 e. The van der Waals surface area contributed by atoms with Gasteiger partial charge in [-0.1, -0.05) is 33.2 Å². The Morgan fingerprint density at radius 2 is 2.11 bits per heavy atom. The molecule has 1 aromatic carbocycles. The van der Waals surface area contributed by atoms with Crippen molar-refractivity contribution in [3.05, 3.63) is 34.3 Å². The van der Waals surface area contributed by atoms with Gasteiger partial charge in [-0.3, -0.25) is 0 Å². The number of nitrogens with one attached hydrogen (secondary N) is 1. The third-order valence-electron chi connectivity index (χ3n) is 3.79. The number of amidine groups is 1. The van der Waals surface area contributed by atoms with Gasteiger partial charge in [0.25, 0.3) is 0 Å². The van der Waals surface area contributed by atoms with E-state index < -0.39 is 0 Å². The van der Waals surface area contributed by atoms with Gasteiger partial charge in [0.05, 0.1) is 0 Å². The van der Waals surface area contributed by atoms with Crippen molar-refractivity contribution in [3.63, 3.8) is 0 Å². The van der Waals surface area contributed by atoms with Crippen molar-refractivity contribution >= 4 is 21.8 Å². The summed E-state index contributed by atoms with van der Waals surface area (Å²) in [6.45, 7) is 3.06. The van der Waals surface area contributed by atoms with Crippen molar-refractivity contribution < 1.29 is 5.21 Å². The standard InChI is InChI=1S/C14H20BrN3O/c1-10(11-2-4-12(15)5-3-11)17-9-14(6-7-14)8-13(16)18-19/h2-5,10,17,19H,6-9H2,1H3,(H2,16,18). The molecule has 1 fully saturated rings. The third kappa shape index (κ3) is 3.94. The first-order valence-electron chi connectivity index (χ1n) is 6.50. The van der Waals surface area contributed by atoms with Crippen LogP contribution in [0, 0.1) is 5.41 Å². The first-order valence-corrected chi connectivity index (χ1v) is 7.29. The molecule has 1 aromatic rings. The average molecular weight is 326 g/mol. The van der Waals surface area contributed by atoms with Gasteiger partial charge in [-0.05, 0) is 42.9 Å². The highest BCUT2D eigenvalue weighted by atomic mass is 79.9. The monoisotopic (exact) mass is 325 g/mol. The molecule has 1 aliphatic carbocycles. The molecule has 0 aliphatic heterocycles. The second-order valence-corrected chi connectivity index (χ2v) is 6.34. The molecule has 1 atom stereocenters. The van der Waals surface area contributed by atoms with Crippen molar-refractivity contribution in [2.24, 2.45) is 16.3 Å². The number of oxime groups is 1. The van der Waals surface area contributed by atoms with Crippen LogP contribution in [0.4, 0.5) is 0 Å². The van der Waals surface area contributed by atoms with E-state index >= 15 is 0 Å². The van der Waals surface area contributed by atoms with E-state index in [1.807, 2.05) is 0 Å². The highest BCUT2D eigenvalue weighted by Gasteiger charge is 2.43. The fraction of sp³-hybridized carbons (Fsp3) is 0.500. The van der Waals surface area contributed by atoms with Crippen LogP contribution in [0.15, 0.2) is 33.9 Å². The van der Waals surface area contributed by atoms with Gasteiger partial charge >= 0.3 is 0 Å². The number of nitrogens with two attached hydrogens (primary N) is 1. The Kier molecular flexibility index (Phi) is 4.47. The molecule has 4 nitrogen and oxygen atoms in total. The van der Waals surface area contributed by atoms with Crippen LogP contribution in [0.3, 0.4) is 0 Å². The summed E-state index contributed by atoms with van der Waals surface area (Å²) in [5, 5.41) is 15.3. The lowest BCUT2D eigenvalue weighted by atomic mass is 10.0. The maximum Gasteiger partial charge on any atom is 0.139 e. The lowest BCUT2D eigenvalue weighted by Gasteiger charge is -2.20. The van der Waals surface area contributed by atoms with Crippen LogP contribution >= 0.6 is 15.9 Å². The zero-order valence-electron chi connectivity index (χ0n) is 11.1. The number of hydrogen-bond acceptors (Lipinski definition) is 3. The maximum absolute atomic E-state index is 8.65. The molecular weight excluding hydrogens is 306 g/mol. The Morgan fingerprint density at radius 1 is 1.47 bits per heavy atom. The van der Waals surface area contributed by atoms with E-state index in [0.717, 1.165) is 23.9 Å². The van der Waals surface area contributed by atoms with Gasteiger partial charge in [0, 0.05) is 23.5 Å². The minimum Gasteiger partial charge on any atom is -0.409 e. The van der Waals surface area contributed by atoms with Gasteiger partial charge in [-0.25, -0.2) is 0 Å². The van der Waals surface area contributed by atoms with E-state index in [-0.39, 0.29) is 5.41 Å². The molecular formula is C14H20BrN3O. The zero-order chi connectivity index (χ0) is 13.9. The second-order valence-electron chi connectivity index (χ2n) is 5.42. The van der Waals surface area contributed by atoms with E-state index in [2.05, 4.69) is 57.6 Å². The molecule has 0 bridgehead atoms. The quantitative estimate of drug-likeness (QED) is 0.326. The summed E-state index contributed by atoms with van der Waals surface area (Å²) in [5.41, 5.74) is 7.06. The predicted molar refractivity (Wildman–Crippen MR) is 80.3 cm³/mol. The molecule has 19 heavy (non-hydrogen) atoms. The first kappa shape index (κ1) is 14.3. The molecule has 1 saturated carbocycles. The van der Waals surface area contributed by atoms with Crippen LogP contribution in [0.2, 0.25) is 0 Å². The van der Waals surface area contributed by atoms with Gasteiger partial charge < -0.3 is 16.3 Å². The normalized spacial score (nSPS) is 19.2. The summed E-state index contributed by atoms with van der Waals surface area (Å²) in [5.74, 6) is 0.329. The molecule has 4 N–H and O–H groups in total. The number of nitrogens with zero attached hydrogens (tertiary/aromatic N) is 1. The van der Waals surface area contributed by atoms with Crippen molar-refractivity contribution in [2.45, 2.75) is 32.2 Å². The summed E-state index contributed by atoms with van der Waals surface area (Å²) in [7, 11) is 0. The Bertz CT molecular complexity index is 454. The molecule has 104 valence electrons. The minimum absolute atomic E-state index is 0.194. The molecule has 0 saturated heterocycles. The fourth-order valence-corrected chi connectivity index (χ4v) is 2.52. The van der Waals surface area contributed by atoms with Crippen LogP contribution in [0.25, 0.3) is 0 Å². The van der Waals surface area contributed by atoms with Crippen LogP contribution in [-0.2, 0) is 0 Å². The lowest BCUT2D eigenvalue weighted by molar-refractivity contribution is 0.313. The number of benzene rings is 1. The summed E-state index contributed by atoms with van der Waals surface area (Å²) < 4.78 is 1.09. The van der Waals surface area contributed by atoms with Crippen molar-refractivity contribution in [2.75, 3.05) is 6.54 Å². The SMILES string of the molecule is CC(NCC1(C/C(N)=N/O)CC1)c1ccc(Br)cc1. The van der Waals surface area contributed by atoms with Gasteiger partial charge in [0.1, 0.15) is 5.84 Å². The summed E-state index contributed by atoms with van der Waals surface area (Å²) in [6.07, 6.45) is 2.95. The summed E-state index contributed by atoms with van der Waals surface area (Å²) in [4.78, 5) is 0. The predicted octanol–water partition coefficient (Wildman–Crippen LogP) is 3.02. The molecule has 1 unspecified atom stereocenters. The van der Waals surface area contributed by atoms with Gasteiger partial charge in [-0.15, -0.1) is 0 Å². The molecule has 0 spiro atoms. The van der Waals surface area contributed by atoms with Gasteiger partial charge in [-0.2, -0.15) is 0 Å². The Morgan fingerprint density at radius 3 is 2.63 bits per heavy atom. The van der Waals surface area contributed by atoms with Crippen molar-refractivity contribution in [1.29, 1.82) is 0 Å². The zero-order valence-corrected chi connectivity index (χ0v) is 12.7. The maximum atomic E-state index is 8.65. The molecule has 0 amide bonds. The van der Waals surface area contributed by atoms with Crippen LogP contribution < -0.4 is 11.1 Å². The molecule has 5 heteroatoms. The number of halogens is 1. The highest BCUT2D eigenvalue weighted by molar-refractivity contribution is 9.10. The average Bonchev–Trinajstić information content (AvgIpc) is 3.17. The Balaban J connectivity index is 1.87. The topological polar surface area (TPSA) is 70.6 Å². The molecule has 1 aliphatic rings. The van der Waals surface area contributed by atoms with E-state index in [1.54, 1.807) is 0 Å². The number of rotatable bonds is 6. The van der Waals surface area contributed by atoms with E-state index in [0.29, 0.717) is 18.3 Å². The van der Waals surface area contributed by atoms with Crippen molar-refractivity contribution in [3.8, 4) is 0 Å². The summed E-state index contributed by atoms with van der Waals surface area (Å²) >= 11 is 3.44. The van der Waals surface area contributed by atoms with Gasteiger partial charge in [0.15, 0.2) is 0 Å². The van der Waals surface area contributed by atoms with E-state index in [9.17, 15) is 0 Å². The minimum atomic E-state index is 0.194. The Labute approximate surface area is 122 Å². The third-order valence-corrected chi connectivity index (χ3v) is 4.32. The lowest BCUT2D eigenvalue weighted by Crippen LogP contribution is -2.30. The molecule has 0 heterocycles. The van der Waals surface area contributed by atoms with E-state index in [4.69, 9.17) is 10.9 Å². The van der Waals surface area contributed by atoms with Crippen LogP contribution in [0.1, 0.15) is 37.8 Å². The smallest absolute Gasteiger partial charge is 0.139 e.